The van der Waals surface area contributed by atoms with E-state index < -0.39 is 0 Å². The van der Waals surface area contributed by atoms with Gasteiger partial charge < -0.3 is 0 Å². The van der Waals surface area contributed by atoms with Gasteiger partial charge in [-0.15, -0.1) is 0 Å². The molecule has 1 aliphatic rings. The molecule has 55 heavy (non-hydrogen) atoms. The minimum absolute atomic E-state index is 0.299. The van der Waals surface area contributed by atoms with Crippen molar-refractivity contribution in [3.63, 3.8) is 0 Å². The van der Waals surface area contributed by atoms with Crippen LogP contribution in [0, 0.1) is 5.92 Å². The Morgan fingerprint density at radius 3 is 1.44 bits per heavy atom. The first-order valence-corrected chi connectivity index (χ1v) is 20.7. The third-order valence-electron chi connectivity index (χ3n) is 11.0. The van der Waals surface area contributed by atoms with Crippen molar-refractivity contribution < 1.29 is 0 Å². The fraction of sp³-hybridized carbons (Fsp3) is 0.302. The maximum absolute atomic E-state index is 4.55. The number of fused-ring (bicyclic) bond motifs is 6. The van der Waals surface area contributed by atoms with Crippen LogP contribution in [0.1, 0.15) is 93.2 Å². The lowest BCUT2D eigenvalue weighted by molar-refractivity contribution is 0.183. The van der Waals surface area contributed by atoms with Gasteiger partial charge in [-0.2, -0.15) is 0 Å². The van der Waals surface area contributed by atoms with Crippen LogP contribution in [-0.2, 0) is 0 Å². The molecule has 1 heterocycles. The summed E-state index contributed by atoms with van der Waals surface area (Å²) in [5, 5.41) is 7.86. The van der Waals surface area contributed by atoms with Crippen molar-refractivity contribution in [1.29, 1.82) is 0 Å². The zero-order valence-corrected chi connectivity index (χ0v) is 35.2. The zero-order chi connectivity index (χ0) is 39.9. The number of benzene rings is 6. The third-order valence-corrected chi connectivity index (χ3v) is 11.0. The normalized spacial score (nSPS) is 13.2. The Labute approximate surface area is 333 Å². The van der Waals surface area contributed by atoms with E-state index >= 15 is 0 Å². The summed E-state index contributed by atoms with van der Waals surface area (Å²) < 4.78 is 0. The Bertz CT molecular complexity index is 2180. The summed E-state index contributed by atoms with van der Waals surface area (Å²) in [7, 11) is 2.24. The van der Waals surface area contributed by atoms with Gasteiger partial charge in [0.15, 0.2) is 0 Å². The average Bonchev–Trinajstić information content (AvgIpc) is 3.25. The Hall–Kier alpha value is -5.05. The van der Waals surface area contributed by atoms with Crippen molar-refractivity contribution in [1.82, 2.24) is 4.90 Å². The van der Waals surface area contributed by atoms with E-state index in [1.807, 2.05) is 40.0 Å². The second-order valence-electron chi connectivity index (χ2n) is 13.9. The molecule has 0 fully saturated rings. The minimum atomic E-state index is 0.299. The first-order chi connectivity index (χ1) is 26.9. The van der Waals surface area contributed by atoms with Crippen LogP contribution >= 0.6 is 0 Å². The van der Waals surface area contributed by atoms with Crippen molar-refractivity contribution in [3.05, 3.63) is 157 Å². The summed E-state index contributed by atoms with van der Waals surface area (Å²) in [5.74, 6) is 0.551. The molecule has 0 aliphatic carbocycles. The summed E-state index contributed by atoms with van der Waals surface area (Å²) >= 11 is 0. The van der Waals surface area contributed by atoms with Gasteiger partial charge in [0.1, 0.15) is 0 Å². The van der Waals surface area contributed by atoms with Crippen molar-refractivity contribution in [2.24, 2.45) is 10.9 Å². The molecule has 0 radical (unpaired) electrons. The second kappa shape index (κ2) is 21.1. The highest BCUT2D eigenvalue weighted by Gasteiger charge is 2.29. The standard InChI is InChI=1S/C41H38N2.C8H14.2C2H6/c1-5-27(2)41(40-24-25-42-40)43(4)28(3)29-14-16-30(17-15-29)31-18-20-32(21-19-31)33-22-23-38-36-12-7-6-10-34(36)35-11-8-9-13-37(35)39(38)26-33;1-4-7-8(5-2)6-3;2*1-2/h6-28,41H,5H2,1-4H3;4,7H,1,5-6H2,2-3H3;2*1-2H3. The van der Waals surface area contributed by atoms with E-state index in [-0.39, 0.29) is 0 Å². The van der Waals surface area contributed by atoms with E-state index in [9.17, 15) is 0 Å². The Morgan fingerprint density at radius 2 is 1.04 bits per heavy atom. The van der Waals surface area contributed by atoms with Gasteiger partial charge in [-0.05, 0) is 105 Å². The molecule has 286 valence electrons. The summed E-state index contributed by atoms with van der Waals surface area (Å²) in [6, 6.07) is 43.2. The molecule has 7 rings (SSSR count). The van der Waals surface area contributed by atoms with Gasteiger partial charge in [0.2, 0.25) is 0 Å². The molecule has 0 saturated heterocycles. The third kappa shape index (κ3) is 9.80. The largest absolute Gasteiger partial charge is 0.291 e. The molecule has 0 saturated carbocycles. The summed E-state index contributed by atoms with van der Waals surface area (Å²) in [4.78, 5) is 7.03. The van der Waals surface area contributed by atoms with E-state index in [0.29, 0.717) is 18.0 Å². The number of nitrogens with zero attached hydrogens (tertiary/aromatic N) is 2. The fourth-order valence-corrected chi connectivity index (χ4v) is 7.49. The fourth-order valence-electron chi connectivity index (χ4n) is 7.49. The van der Waals surface area contributed by atoms with Crippen LogP contribution in [0.4, 0.5) is 0 Å². The van der Waals surface area contributed by atoms with Crippen LogP contribution in [0.25, 0.3) is 54.6 Å². The zero-order valence-electron chi connectivity index (χ0n) is 35.2. The maximum atomic E-state index is 4.55. The van der Waals surface area contributed by atoms with E-state index in [0.717, 1.165) is 19.3 Å². The molecular formula is C53H64N2. The van der Waals surface area contributed by atoms with E-state index in [2.05, 4.69) is 186 Å². The first-order valence-electron chi connectivity index (χ1n) is 20.7. The van der Waals surface area contributed by atoms with Gasteiger partial charge in [-0.1, -0.05) is 195 Å². The highest BCUT2D eigenvalue weighted by atomic mass is 15.2. The predicted octanol–water partition coefficient (Wildman–Crippen LogP) is 15.8. The summed E-state index contributed by atoms with van der Waals surface area (Å²) in [6.45, 7) is 22.9. The van der Waals surface area contributed by atoms with Crippen molar-refractivity contribution in [2.75, 3.05) is 7.05 Å². The Balaban J connectivity index is 0.000000495. The minimum Gasteiger partial charge on any atom is -0.291 e. The highest BCUT2D eigenvalue weighted by molar-refractivity contribution is 6.25. The van der Waals surface area contributed by atoms with Gasteiger partial charge in [-0.3, -0.25) is 9.89 Å². The van der Waals surface area contributed by atoms with Crippen LogP contribution in [0.2, 0.25) is 0 Å². The van der Waals surface area contributed by atoms with Gasteiger partial charge in [0.05, 0.1) is 11.8 Å². The smallest absolute Gasteiger partial charge is 0.0593 e. The molecule has 0 aromatic heterocycles. The van der Waals surface area contributed by atoms with E-state index in [1.54, 1.807) is 0 Å². The van der Waals surface area contributed by atoms with Crippen LogP contribution < -0.4 is 0 Å². The molecule has 0 spiro atoms. The molecule has 1 aliphatic heterocycles. The van der Waals surface area contributed by atoms with Gasteiger partial charge >= 0.3 is 0 Å². The van der Waals surface area contributed by atoms with Gasteiger partial charge in [-0.25, -0.2) is 0 Å². The van der Waals surface area contributed by atoms with Gasteiger partial charge in [0, 0.05) is 12.2 Å². The molecule has 2 heteroatoms. The van der Waals surface area contributed by atoms with Crippen molar-refractivity contribution in [2.45, 2.75) is 93.7 Å². The van der Waals surface area contributed by atoms with Crippen LogP contribution in [0.3, 0.4) is 0 Å². The Morgan fingerprint density at radius 1 is 0.618 bits per heavy atom. The molecule has 6 aromatic rings. The van der Waals surface area contributed by atoms with E-state index in [1.165, 1.54) is 71.4 Å². The van der Waals surface area contributed by atoms with Crippen LogP contribution in [-0.4, -0.2) is 23.7 Å². The number of hydrogen-bond donors (Lipinski definition) is 0. The first kappa shape index (κ1) is 42.7. The molecule has 6 aromatic carbocycles. The lowest BCUT2D eigenvalue weighted by Gasteiger charge is -2.38. The number of aliphatic imine (C=N–C) groups is 1. The number of rotatable bonds is 11. The Kier molecular flexibility index (Phi) is 16.4. The molecule has 3 atom stereocenters. The highest BCUT2D eigenvalue weighted by Crippen LogP contribution is 2.37. The predicted molar refractivity (Wildman–Crippen MR) is 247 cm³/mol. The van der Waals surface area contributed by atoms with Crippen molar-refractivity contribution in [3.8, 4) is 22.3 Å². The molecular weight excluding hydrogens is 665 g/mol. The number of allylic oxidation sites excluding steroid dienone is 3. The van der Waals surface area contributed by atoms with Crippen LogP contribution in [0.5, 0.6) is 0 Å². The van der Waals surface area contributed by atoms with Crippen LogP contribution in [0.15, 0.2) is 157 Å². The quantitative estimate of drug-likeness (QED) is 0.0958. The molecule has 0 amide bonds. The van der Waals surface area contributed by atoms with Gasteiger partial charge in [0.25, 0.3) is 0 Å². The molecule has 2 nitrogen and oxygen atoms in total. The monoisotopic (exact) mass is 729 g/mol. The SMILES string of the molecule is C=CC=C(CC)CC.CC.CC.CCC(C)C(C1=NC=C1)N(C)C(C)c1ccc(-c2ccc(-c3ccc4c5ccccc5c5ccccc5c4c3)cc2)cc1. The molecule has 3 unspecified atom stereocenters. The topological polar surface area (TPSA) is 15.6 Å². The number of hydrogen-bond acceptors (Lipinski definition) is 2. The summed E-state index contributed by atoms with van der Waals surface area (Å²) in [6.07, 6.45) is 11.4. The van der Waals surface area contributed by atoms with Crippen molar-refractivity contribution >= 4 is 38.0 Å². The van der Waals surface area contributed by atoms with E-state index in [4.69, 9.17) is 0 Å². The lowest BCUT2D eigenvalue weighted by atomic mass is 9.90. The second-order valence-corrected chi connectivity index (χ2v) is 13.9. The molecule has 0 bridgehead atoms. The molecule has 0 N–H and O–H groups in total. The lowest BCUT2D eigenvalue weighted by Crippen LogP contribution is -2.44. The maximum Gasteiger partial charge on any atom is 0.0593 e. The summed E-state index contributed by atoms with van der Waals surface area (Å²) in [5.41, 5.74) is 8.96. The average molecular weight is 729 g/mol.